The molecule has 0 N–H and O–H groups in total. The second kappa shape index (κ2) is 6.17. The highest BCUT2D eigenvalue weighted by Crippen LogP contribution is 2.64. The lowest BCUT2D eigenvalue weighted by molar-refractivity contribution is 0.522. The number of hydrogen-bond donors (Lipinski definition) is 0. The zero-order chi connectivity index (χ0) is 20.7. The predicted octanol–water partition coefficient (Wildman–Crippen LogP) is 3.82. The summed E-state index contributed by atoms with van der Waals surface area (Å²) in [6.07, 6.45) is 5.99. The van der Waals surface area contributed by atoms with Crippen molar-refractivity contribution in [1.82, 2.24) is 0 Å². The summed E-state index contributed by atoms with van der Waals surface area (Å²) in [5, 5.41) is -1.86. The minimum Gasteiger partial charge on any atom is -0.223 e. The van der Waals surface area contributed by atoms with Crippen LogP contribution in [-0.4, -0.2) is 27.3 Å². The first kappa shape index (κ1) is 18.6. The van der Waals surface area contributed by atoms with Crippen LogP contribution >= 0.6 is 0 Å². The van der Waals surface area contributed by atoms with Crippen LogP contribution < -0.4 is 0 Å². The highest BCUT2D eigenvalue weighted by atomic mass is 32.2. The summed E-state index contributed by atoms with van der Waals surface area (Å²) in [7, 11) is -7.61. The Bertz CT molecular complexity index is 1190. The fraction of sp³-hybridized carbons (Fsp3) is 0.333. The van der Waals surface area contributed by atoms with Crippen molar-refractivity contribution in [2.45, 2.75) is 33.1 Å². The molecule has 4 aliphatic carbocycles. The molecule has 6 heteroatoms. The Labute approximate surface area is 177 Å². The van der Waals surface area contributed by atoms with Crippen molar-refractivity contribution < 1.29 is 16.8 Å². The van der Waals surface area contributed by atoms with Crippen molar-refractivity contribution in [1.29, 1.82) is 0 Å². The molecule has 2 aromatic rings. The number of allylic oxidation sites excluding steroid dienone is 4. The topological polar surface area (TPSA) is 68.3 Å². The Kier molecular flexibility index (Phi) is 3.82. The van der Waals surface area contributed by atoms with Crippen molar-refractivity contribution >= 4 is 19.7 Å². The molecule has 0 amide bonds. The maximum absolute atomic E-state index is 13.8. The Morgan fingerprint density at radius 1 is 0.567 bits per heavy atom. The summed E-state index contributed by atoms with van der Waals surface area (Å²) in [4.78, 5) is 0.438. The van der Waals surface area contributed by atoms with Gasteiger partial charge in [-0.3, -0.25) is 0 Å². The van der Waals surface area contributed by atoms with E-state index in [0.717, 1.165) is 6.42 Å². The summed E-state index contributed by atoms with van der Waals surface area (Å²) in [5.41, 5.74) is 2.47. The van der Waals surface area contributed by atoms with E-state index in [9.17, 15) is 16.8 Å². The van der Waals surface area contributed by atoms with E-state index < -0.39 is 30.2 Å². The maximum atomic E-state index is 13.8. The van der Waals surface area contributed by atoms with Crippen molar-refractivity contribution in [2.24, 2.45) is 23.7 Å². The lowest BCUT2D eigenvalue weighted by Crippen LogP contribution is -2.45. The molecule has 154 valence electrons. The van der Waals surface area contributed by atoms with Gasteiger partial charge in [0.05, 0.1) is 20.3 Å². The lowest BCUT2D eigenvalue weighted by atomic mass is 9.85. The standard InChI is InChI=1S/C24H22O4S2/c25-29(26,17-7-3-1-4-8-17)23-19-14-20(22-16-12-11-15(13-16)21(19)22)24(23)30(27,28)18-9-5-2-6-10-18/h1-12,15-16,19-20,23-24H,13-14H2/t15-,16-,19-,20-,23-,24-/m0/s1. The van der Waals surface area contributed by atoms with E-state index in [2.05, 4.69) is 12.2 Å². The van der Waals surface area contributed by atoms with Crippen LogP contribution in [0.2, 0.25) is 0 Å². The molecule has 6 rings (SSSR count). The molecule has 4 nitrogen and oxygen atoms in total. The zero-order valence-electron chi connectivity index (χ0n) is 16.3. The van der Waals surface area contributed by atoms with Crippen LogP contribution in [0.25, 0.3) is 0 Å². The Balaban J connectivity index is 1.55. The van der Waals surface area contributed by atoms with Crippen molar-refractivity contribution in [3.05, 3.63) is 84.0 Å². The van der Waals surface area contributed by atoms with Crippen molar-refractivity contribution in [3.8, 4) is 0 Å². The predicted molar refractivity (Wildman–Crippen MR) is 114 cm³/mol. The van der Waals surface area contributed by atoms with Crippen LogP contribution in [0.3, 0.4) is 0 Å². The molecule has 30 heavy (non-hydrogen) atoms. The molecular weight excluding hydrogens is 416 g/mol. The van der Waals surface area contributed by atoms with Gasteiger partial charge in [0, 0.05) is 0 Å². The molecule has 1 fully saturated rings. The third kappa shape index (κ3) is 2.32. The van der Waals surface area contributed by atoms with Gasteiger partial charge in [-0.25, -0.2) is 16.8 Å². The second-order valence-corrected chi connectivity index (χ2v) is 13.0. The molecule has 0 aromatic heterocycles. The van der Waals surface area contributed by atoms with E-state index in [4.69, 9.17) is 0 Å². The molecule has 0 radical (unpaired) electrons. The van der Waals surface area contributed by atoms with Gasteiger partial charge in [-0.05, 0) is 60.8 Å². The van der Waals surface area contributed by atoms with Crippen molar-refractivity contribution in [3.63, 3.8) is 0 Å². The first-order chi connectivity index (χ1) is 14.4. The molecule has 0 saturated heterocycles. The highest BCUT2D eigenvalue weighted by Gasteiger charge is 2.65. The summed E-state index contributed by atoms with van der Waals surface area (Å²) in [6, 6.07) is 16.7. The van der Waals surface area contributed by atoms with Crippen LogP contribution in [0, 0.1) is 23.7 Å². The van der Waals surface area contributed by atoms with Gasteiger partial charge in [0.2, 0.25) is 0 Å². The minimum absolute atomic E-state index is 0.210. The summed E-state index contributed by atoms with van der Waals surface area (Å²) < 4.78 is 55.2. The van der Waals surface area contributed by atoms with E-state index in [1.165, 1.54) is 11.1 Å². The average molecular weight is 439 g/mol. The van der Waals surface area contributed by atoms with Gasteiger partial charge in [-0.1, -0.05) is 59.7 Å². The van der Waals surface area contributed by atoms with Gasteiger partial charge in [-0.2, -0.15) is 0 Å². The van der Waals surface area contributed by atoms with E-state index in [-0.39, 0.29) is 33.5 Å². The number of sulfone groups is 2. The third-order valence-corrected chi connectivity index (χ3v) is 12.2. The van der Waals surface area contributed by atoms with Crippen LogP contribution in [0.5, 0.6) is 0 Å². The van der Waals surface area contributed by atoms with E-state index in [1.54, 1.807) is 60.7 Å². The fourth-order valence-electron chi connectivity index (χ4n) is 6.49. The highest BCUT2D eigenvalue weighted by molar-refractivity contribution is 7.96. The summed E-state index contributed by atoms with van der Waals surface area (Å²) >= 11 is 0. The van der Waals surface area contributed by atoms with E-state index >= 15 is 0 Å². The maximum Gasteiger partial charge on any atom is 0.183 e. The molecular formula is C24H22O4S2. The number of rotatable bonds is 4. The first-order valence-corrected chi connectivity index (χ1v) is 13.5. The average Bonchev–Trinajstić information content (AvgIpc) is 3.53. The molecule has 0 unspecified atom stereocenters. The normalized spacial score (nSPS) is 34.0. The quantitative estimate of drug-likeness (QED) is 0.538. The molecule has 4 bridgehead atoms. The lowest BCUT2D eigenvalue weighted by Gasteiger charge is -2.34. The zero-order valence-corrected chi connectivity index (χ0v) is 17.9. The molecule has 6 atom stereocenters. The second-order valence-electron chi connectivity index (χ2n) is 8.84. The Morgan fingerprint density at radius 2 is 0.967 bits per heavy atom. The van der Waals surface area contributed by atoms with Gasteiger partial charge in [0.25, 0.3) is 0 Å². The minimum atomic E-state index is -3.80. The smallest absolute Gasteiger partial charge is 0.183 e. The van der Waals surface area contributed by atoms with Gasteiger partial charge in [0.15, 0.2) is 19.7 Å². The Hall–Kier alpha value is -2.18. The van der Waals surface area contributed by atoms with Crippen LogP contribution in [-0.2, 0) is 19.7 Å². The molecule has 4 aliphatic rings. The van der Waals surface area contributed by atoms with Gasteiger partial charge in [-0.15, -0.1) is 0 Å². The van der Waals surface area contributed by atoms with E-state index in [1.807, 2.05) is 0 Å². The first-order valence-electron chi connectivity index (χ1n) is 10.4. The number of fused-ring (bicyclic) bond motifs is 8. The molecule has 2 aromatic carbocycles. The van der Waals surface area contributed by atoms with Gasteiger partial charge < -0.3 is 0 Å². The molecule has 0 aliphatic heterocycles. The van der Waals surface area contributed by atoms with Crippen molar-refractivity contribution in [2.75, 3.05) is 0 Å². The molecule has 0 heterocycles. The fourth-order valence-corrected chi connectivity index (χ4v) is 11.5. The van der Waals surface area contributed by atoms with Gasteiger partial charge in [0.1, 0.15) is 0 Å². The largest absolute Gasteiger partial charge is 0.223 e. The van der Waals surface area contributed by atoms with Gasteiger partial charge >= 0.3 is 0 Å². The van der Waals surface area contributed by atoms with Crippen LogP contribution in [0.1, 0.15) is 12.8 Å². The summed E-state index contributed by atoms with van der Waals surface area (Å²) in [6.45, 7) is 0. The SMILES string of the molecule is O=S(=O)(c1ccccc1)[C@@H]1[C@@H](S(=O)(=O)c2ccccc2)[C@H]2C[C@H]1C1=C2[C@H]2C=C[C@H]1C2. The summed E-state index contributed by atoms with van der Waals surface area (Å²) in [5.74, 6) is 0.153. The monoisotopic (exact) mass is 438 g/mol. The molecule has 0 spiro atoms. The van der Waals surface area contributed by atoms with Crippen LogP contribution in [0.4, 0.5) is 0 Å². The number of benzene rings is 2. The third-order valence-electron chi connectivity index (χ3n) is 7.50. The number of hydrogen-bond acceptors (Lipinski definition) is 4. The Morgan fingerprint density at radius 3 is 1.37 bits per heavy atom. The van der Waals surface area contributed by atoms with E-state index in [0.29, 0.717) is 6.42 Å². The van der Waals surface area contributed by atoms with Crippen LogP contribution in [0.15, 0.2) is 93.8 Å². The molecule has 1 saturated carbocycles.